The molecule has 0 aliphatic heterocycles. The van der Waals surface area contributed by atoms with Crippen molar-refractivity contribution in [1.29, 1.82) is 0 Å². The molecule has 0 unspecified atom stereocenters. The van der Waals surface area contributed by atoms with Gasteiger partial charge in [-0.15, -0.1) is 11.3 Å². The number of aromatic nitrogens is 1. The molecule has 108 valence electrons. The van der Waals surface area contributed by atoms with Crippen LogP contribution in [0.25, 0.3) is 6.08 Å². The monoisotopic (exact) mass is 306 g/mol. The van der Waals surface area contributed by atoms with E-state index in [-0.39, 0.29) is 5.56 Å². The number of rotatable bonds is 4. The summed E-state index contributed by atoms with van der Waals surface area (Å²) in [5.41, 5.74) is 0.229. The molecule has 0 atom stereocenters. The van der Waals surface area contributed by atoms with Gasteiger partial charge in [-0.1, -0.05) is 6.07 Å². The van der Waals surface area contributed by atoms with E-state index in [1.54, 1.807) is 6.20 Å². The Balaban J connectivity index is 2.16. The molecule has 0 saturated carbocycles. The zero-order chi connectivity index (χ0) is 15.4. The van der Waals surface area contributed by atoms with Crippen molar-refractivity contribution < 1.29 is 19.1 Å². The summed E-state index contributed by atoms with van der Waals surface area (Å²) in [7, 11) is 0. The number of hydrogen-bond acceptors (Lipinski definition) is 4. The van der Waals surface area contributed by atoms with Gasteiger partial charge in [-0.25, -0.2) is 14.2 Å². The van der Waals surface area contributed by atoms with Gasteiger partial charge in [0.05, 0.1) is 5.56 Å². The number of amides is 1. The highest BCUT2D eigenvalue weighted by Crippen LogP contribution is 2.19. The van der Waals surface area contributed by atoms with Crippen LogP contribution in [0.3, 0.4) is 0 Å². The van der Waals surface area contributed by atoms with Gasteiger partial charge in [0.25, 0.3) is 5.91 Å². The smallest absolute Gasteiger partial charge is 0.328 e. The van der Waals surface area contributed by atoms with Crippen LogP contribution in [0.1, 0.15) is 20.8 Å². The standard InChI is InChI=1S/C14H11FN2O3S/c1-8-7-16-14(21-8)17-13(20)10-4-2-9(6-11(10)15)3-5-12(18)19/h2-7H,1H3,(H,18,19)(H,16,17,20). The normalized spacial score (nSPS) is 10.8. The van der Waals surface area contributed by atoms with Gasteiger partial charge in [0.2, 0.25) is 0 Å². The molecule has 0 aliphatic rings. The van der Waals surface area contributed by atoms with Crippen molar-refractivity contribution in [3.63, 3.8) is 0 Å². The Morgan fingerprint density at radius 1 is 1.43 bits per heavy atom. The van der Waals surface area contributed by atoms with E-state index in [0.717, 1.165) is 17.0 Å². The lowest BCUT2D eigenvalue weighted by atomic mass is 10.1. The topological polar surface area (TPSA) is 79.3 Å². The van der Waals surface area contributed by atoms with Crippen LogP contribution in [0.15, 0.2) is 30.5 Å². The number of aliphatic carboxylic acids is 1. The molecule has 1 amide bonds. The lowest BCUT2D eigenvalue weighted by Gasteiger charge is -2.04. The van der Waals surface area contributed by atoms with Crippen molar-refractivity contribution in [3.05, 3.63) is 52.3 Å². The molecular weight excluding hydrogens is 295 g/mol. The molecular formula is C14H11FN2O3S. The van der Waals surface area contributed by atoms with Crippen molar-refractivity contribution >= 4 is 34.4 Å². The van der Waals surface area contributed by atoms with Crippen molar-refractivity contribution in [2.75, 3.05) is 5.32 Å². The fourth-order valence-corrected chi connectivity index (χ4v) is 2.22. The SMILES string of the molecule is Cc1cnc(NC(=O)c2ccc(C=CC(=O)O)cc2F)s1. The molecule has 1 aromatic heterocycles. The van der Waals surface area contributed by atoms with E-state index in [4.69, 9.17) is 5.11 Å². The summed E-state index contributed by atoms with van der Waals surface area (Å²) in [5, 5.41) is 11.4. The molecule has 0 aliphatic carbocycles. The minimum atomic E-state index is -1.13. The number of thiazole rings is 1. The third kappa shape index (κ3) is 3.96. The molecule has 7 heteroatoms. The molecule has 2 N–H and O–H groups in total. The highest BCUT2D eigenvalue weighted by atomic mass is 32.1. The Bertz CT molecular complexity index is 725. The first-order chi connectivity index (χ1) is 9.95. The summed E-state index contributed by atoms with van der Waals surface area (Å²) in [6.45, 7) is 1.84. The average Bonchev–Trinajstić information content (AvgIpc) is 2.81. The van der Waals surface area contributed by atoms with Crippen LogP contribution in [0.5, 0.6) is 0 Å². The van der Waals surface area contributed by atoms with Crippen LogP contribution in [0.2, 0.25) is 0 Å². The van der Waals surface area contributed by atoms with E-state index >= 15 is 0 Å². The van der Waals surface area contributed by atoms with E-state index in [9.17, 15) is 14.0 Å². The number of halogens is 1. The Morgan fingerprint density at radius 2 is 2.19 bits per heavy atom. The molecule has 5 nitrogen and oxygen atoms in total. The molecule has 21 heavy (non-hydrogen) atoms. The van der Waals surface area contributed by atoms with Crippen molar-refractivity contribution in [2.24, 2.45) is 0 Å². The number of carbonyl (C=O) groups is 2. The van der Waals surface area contributed by atoms with Crippen LogP contribution in [-0.2, 0) is 4.79 Å². The van der Waals surface area contributed by atoms with Gasteiger partial charge < -0.3 is 5.11 Å². The highest BCUT2D eigenvalue weighted by Gasteiger charge is 2.13. The molecule has 0 saturated heterocycles. The second-order valence-electron chi connectivity index (χ2n) is 4.14. The van der Waals surface area contributed by atoms with E-state index in [0.29, 0.717) is 10.7 Å². The predicted molar refractivity (Wildman–Crippen MR) is 77.9 cm³/mol. The molecule has 2 aromatic rings. The van der Waals surface area contributed by atoms with Crippen molar-refractivity contribution in [1.82, 2.24) is 4.98 Å². The Labute approximate surface area is 123 Å². The van der Waals surface area contributed by atoms with Crippen molar-refractivity contribution in [3.8, 4) is 0 Å². The molecule has 1 heterocycles. The van der Waals surface area contributed by atoms with Gasteiger partial charge >= 0.3 is 5.97 Å². The van der Waals surface area contributed by atoms with E-state index in [2.05, 4.69) is 10.3 Å². The van der Waals surface area contributed by atoms with Crippen LogP contribution in [0, 0.1) is 12.7 Å². The fraction of sp³-hybridized carbons (Fsp3) is 0.0714. The first kappa shape index (κ1) is 14.9. The maximum Gasteiger partial charge on any atom is 0.328 e. The third-order valence-electron chi connectivity index (χ3n) is 2.50. The fourth-order valence-electron chi connectivity index (χ4n) is 1.56. The second kappa shape index (κ2) is 6.27. The first-order valence-corrected chi connectivity index (χ1v) is 6.71. The summed E-state index contributed by atoms with van der Waals surface area (Å²) in [5.74, 6) is -2.46. The van der Waals surface area contributed by atoms with Gasteiger partial charge in [-0.3, -0.25) is 10.1 Å². The largest absolute Gasteiger partial charge is 0.478 e. The number of carboxylic acid groups (broad SMARTS) is 1. The van der Waals surface area contributed by atoms with Gasteiger partial charge in [0, 0.05) is 17.2 Å². The second-order valence-corrected chi connectivity index (χ2v) is 5.38. The lowest BCUT2D eigenvalue weighted by molar-refractivity contribution is -0.131. The quantitative estimate of drug-likeness (QED) is 0.851. The lowest BCUT2D eigenvalue weighted by Crippen LogP contribution is -2.13. The highest BCUT2D eigenvalue weighted by molar-refractivity contribution is 7.15. The predicted octanol–water partition coefficient (Wildman–Crippen LogP) is 2.94. The number of aryl methyl sites for hydroxylation is 1. The zero-order valence-corrected chi connectivity index (χ0v) is 11.8. The summed E-state index contributed by atoms with van der Waals surface area (Å²) < 4.78 is 13.9. The maximum atomic E-state index is 13.9. The number of anilines is 1. The molecule has 1 aromatic carbocycles. The van der Waals surface area contributed by atoms with Crippen LogP contribution in [0.4, 0.5) is 9.52 Å². The number of carboxylic acids is 1. The molecule has 0 spiro atoms. The van der Waals surface area contributed by atoms with E-state index in [1.165, 1.54) is 29.5 Å². The van der Waals surface area contributed by atoms with E-state index < -0.39 is 17.7 Å². The molecule has 0 fully saturated rings. The minimum absolute atomic E-state index is 0.129. The van der Waals surface area contributed by atoms with Gasteiger partial charge in [-0.05, 0) is 30.7 Å². The third-order valence-corrected chi connectivity index (χ3v) is 3.33. The number of carbonyl (C=O) groups excluding carboxylic acids is 1. The van der Waals surface area contributed by atoms with Crippen molar-refractivity contribution in [2.45, 2.75) is 6.92 Å². The maximum absolute atomic E-state index is 13.9. The van der Waals surface area contributed by atoms with Crippen LogP contribution < -0.4 is 5.32 Å². The average molecular weight is 306 g/mol. The Morgan fingerprint density at radius 3 is 2.76 bits per heavy atom. The van der Waals surface area contributed by atoms with E-state index in [1.807, 2.05) is 6.92 Å². The molecule has 2 rings (SSSR count). The van der Waals surface area contributed by atoms with Gasteiger partial charge in [0.15, 0.2) is 5.13 Å². The molecule has 0 radical (unpaired) electrons. The summed E-state index contributed by atoms with van der Waals surface area (Å²) in [6.07, 6.45) is 3.75. The minimum Gasteiger partial charge on any atom is -0.478 e. The Kier molecular flexibility index (Phi) is 4.44. The summed E-state index contributed by atoms with van der Waals surface area (Å²) >= 11 is 1.29. The first-order valence-electron chi connectivity index (χ1n) is 5.90. The van der Waals surface area contributed by atoms with Crippen LogP contribution >= 0.6 is 11.3 Å². The number of nitrogens with one attached hydrogen (secondary N) is 1. The Hall–Kier alpha value is -2.54. The number of hydrogen-bond donors (Lipinski definition) is 2. The summed E-state index contributed by atoms with van der Waals surface area (Å²) in [4.78, 5) is 27.2. The van der Waals surface area contributed by atoms with Gasteiger partial charge in [0.1, 0.15) is 5.82 Å². The number of benzene rings is 1. The molecule has 0 bridgehead atoms. The van der Waals surface area contributed by atoms with Gasteiger partial charge in [-0.2, -0.15) is 0 Å². The zero-order valence-electron chi connectivity index (χ0n) is 11.0. The van der Waals surface area contributed by atoms with Crippen LogP contribution in [-0.4, -0.2) is 22.0 Å². The number of nitrogens with zero attached hydrogens (tertiary/aromatic N) is 1. The summed E-state index contributed by atoms with van der Waals surface area (Å²) in [6, 6.07) is 3.86.